The van der Waals surface area contributed by atoms with Gasteiger partial charge in [-0.2, -0.15) is 0 Å². The van der Waals surface area contributed by atoms with Crippen LogP contribution in [0.3, 0.4) is 0 Å². The molecule has 5 heteroatoms. The van der Waals surface area contributed by atoms with E-state index in [1.54, 1.807) is 0 Å². The van der Waals surface area contributed by atoms with Crippen molar-refractivity contribution in [1.82, 2.24) is 12.3 Å². The van der Waals surface area contributed by atoms with Crippen LogP contribution in [0.15, 0.2) is 84.9 Å². The lowest BCUT2D eigenvalue weighted by Crippen LogP contribution is -2.16. The van der Waals surface area contributed by atoms with E-state index in [1.807, 2.05) is 84.9 Å². The normalized spacial score (nSPS) is 10.1. The average molecular weight is 388 g/mol. The molecule has 0 atom stereocenters. The van der Waals surface area contributed by atoms with Crippen molar-refractivity contribution in [2.45, 2.75) is 12.8 Å². The van der Waals surface area contributed by atoms with Crippen molar-refractivity contribution in [3.8, 4) is 0 Å². The Balaban J connectivity index is 0.00000150. The molecule has 0 aliphatic carbocycles. The molecule has 0 spiro atoms. The smallest absolute Gasteiger partial charge is 0.317 e. The van der Waals surface area contributed by atoms with E-state index in [2.05, 4.69) is 0 Å². The molecule has 0 heterocycles. The lowest BCUT2D eigenvalue weighted by molar-refractivity contribution is -0.158. The molecular formula is C24H24N2O3. The van der Waals surface area contributed by atoms with E-state index in [-0.39, 0.29) is 25.1 Å². The summed E-state index contributed by atoms with van der Waals surface area (Å²) in [6.07, 6.45) is 0.144. The quantitative estimate of drug-likeness (QED) is 0.370. The molecule has 0 fully saturated rings. The van der Waals surface area contributed by atoms with Gasteiger partial charge in [0.1, 0.15) is 0 Å². The highest BCUT2D eigenvalue weighted by Gasteiger charge is 2.14. The molecule has 0 radical (unpaired) electrons. The number of ether oxygens (including phenoxy) is 1. The van der Waals surface area contributed by atoms with Crippen LogP contribution in [0.5, 0.6) is 0 Å². The van der Waals surface area contributed by atoms with Gasteiger partial charge in [0.05, 0.1) is 12.8 Å². The van der Waals surface area contributed by atoms with Gasteiger partial charge in [0.2, 0.25) is 0 Å². The summed E-state index contributed by atoms with van der Waals surface area (Å²) in [5.41, 5.74) is 1.71. The van der Waals surface area contributed by atoms with E-state index in [0.29, 0.717) is 0 Å². The molecule has 0 saturated carbocycles. The molecule has 0 saturated heterocycles. The third kappa shape index (κ3) is 4.85. The highest BCUT2D eigenvalue weighted by molar-refractivity contribution is 5.94. The van der Waals surface area contributed by atoms with Crippen LogP contribution in [-0.4, -0.2) is 11.9 Å². The number of benzene rings is 4. The van der Waals surface area contributed by atoms with Crippen LogP contribution in [0.1, 0.15) is 11.1 Å². The summed E-state index contributed by atoms with van der Waals surface area (Å²) in [5.74, 6) is -1.06. The number of rotatable bonds is 4. The monoisotopic (exact) mass is 388 g/mol. The molecule has 0 amide bonds. The number of carbonyl (C=O) groups is 2. The van der Waals surface area contributed by atoms with E-state index in [4.69, 9.17) is 4.74 Å². The zero-order chi connectivity index (χ0) is 18.6. The number of hydrogen-bond donors (Lipinski definition) is 2. The van der Waals surface area contributed by atoms with Crippen LogP contribution in [0.25, 0.3) is 21.5 Å². The van der Waals surface area contributed by atoms with Crippen molar-refractivity contribution in [3.05, 3.63) is 96.1 Å². The molecule has 0 bridgehead atoms. The van der Waals surface area contributed by atoms with Crippen LogP contribution < -0.4 is 12.3 Å². The lowest BCUT2D eigenvalue weighted by atomic mass is 10.0. The van der Waals surface area contributed by atoms with E-state index < -0.39 is 11.9 Å². The SMILES string of the molecule is N.N.O=C(Cc1cccc2ccccc12)OC(=O)Cc1cccc2ccccc12. The van der Waals surface area contributed by atoms with E-state index in [9.17, 15) is 9.59 Å². The summed E-state index contributed by atoms with van der Waals surface area (Å²) < 4.78 is 5.08. The maximum absolute atomic E-state index is 12.3. The zero-order valence-electron chi connectivity index (χ0n) is 16.1. The van der Waals surface area contributed by atoms with E-state index >= 15 is 0 Å². The largest absolute Gasteiger partial charge is 0.393 e. The molecule has 4 aromatic carbocycles. The van der Waals surface area contributed by atoms with Crippen molar-refractivity contribution >= 4 is 33.5 Å². The molecule has 0 aromatic heterocycles. The van der Waals surface area contributed by atoms with Crippen LogP contribution >= 0.6 is 0 Å². The first-order chi connectivity index (χ1) is 13.2. The maximum Gasteiger partial charge on any atom is 0.317 e. The topological polar surface area (TPSA) is 113 Å². The minimum absolute atomic E-state index is 0. The third-order valence-electron chi connectivity index (χ3n) is 4.66. The predicted octanol–water partition coefficient (Wildman–Crippen LogP) is 5.17. The van der Waals surface area contributed by atoms with Gasteiger partial charge in [-0.3, -0.25) is 9.59 Å². The van der Waals surface area contributed by atoms with Gasteiger partial charge in [-0.15, -0.1) is 0 Å². The van der Waals surface area contributed by atoms with Crippen LogP contribution in [0, 0.1) is 0 Å². The number of hydrogen-bond acceptors (Lipinski definition) is 5. The zero-order valence-corrected chi connectivity index (χ0v) is 16.1. The van der Waals surface area contributed by atoms with Crippen molar-refractivity contribution in [3.63, 3.8) is 0 Å². The summed E-state index contributed by atoms with van der Waals surface area (Å²) >= 11 is 0. The average Bonchev–Trinajstić information content (AvgIpc) is 2.68. The van der Waals surface area contributed by atoms with Crippen molar-refractivity contribution in [2.75, 3.05) is 0 Å². The highest BCUT2D eigenvalue weighted by Crippen LogP contribution is 2.21. The van der Waals surface area contributed by atoms with E-state index in [0.717, 1.165) is 32.7 Å². The van der Waals surface area contributed by atoms with Gasteiger partial charge >= 0.3 is 11.9 Å². The summed E-state index contributed by atoms with van der Waals surface area (Å²) in [7, 11) is 0. The predicted molar refractivity (Wildman–Crippen MR) is 116 cm³/mol. The minimum Gasteiger partial charge on any atom is -0.393 e. The number of fused-ring (bicyclic) bond motifs is 2. The van der Waals surface area contributed by atoms with Gasteiger partial charge in [0, 0.05) is 0 Å². The number of carbonyl (C=O) groups excluding carboxylic acids is 2. The van der Waals surface area contributed by atoms with Gasteiger partial charge in [0.25, 0.3) is 0 Å². The van der Waals surface area contributed by atoms with Crippen LogP contribution in [0.4, 0.5) is 0 Å². The standard InChI is InChI=1S/C24H18O3.2H3N/c25-23(15-19-11-5-9-17-7-1-3-13-21(17)19)27-24(26)16-20-12-6-10-18-8-2-4-14-22(18)20;;/h1-14H,15-16H2;2*1H3. The fourth-order valence-corrected chi connectivity index (χ4v) is 3.40. The summed E-state index contributed by atoms with van der Waals surface area (Å²) in [5, 5.41) is 4.12. The summed E-state index contributed by atoms with van der Waals surface area (Å²) in [6, 6.07) is 27.3. The van der Waals surface area contributed by atoms with Gasteiger partial charge in [-0.05, 0) is 32.7 Å². The first-order valence-corrected chi connectivity index (χ1v) is 8.87. The molecule has 4 aromatic rings. The Bertz CT molecular complexity index is 1050. The molecule has 29 heavy (non-hydrogen) atoms. The first kappa shape index (κ1) is 21.8. The fraction of sp³-hybridized carbons (Fsp3) is 0.0833. The second-order valence-corrected chi connectivity index (χ2v) is 6.48. The minimum atomic E-state index is -0.531. The highest BCUT2D eigenvalue weighted by atomic mass is 16.6. The van der Waals surface area contributed by atoms with E-state index in [1.165, 1.54) is 0 Å². The molecule has 5 nitrogen and oxygen atoms in total. The van der Waals surface area contributed by atoms with Gasteiger partial charge in [0.15, 0.2) is 0 Å². The van der Waals surface area contributed by atoms with Crippen LogP contribution in [-0.2, 0) is 27.2 Å². The van der Waals surface area contributed by atoms with Crippen molar-refractivity contribution in [1.29, 1.82) is 0 Å². The Morgan fingerprint density at radius 2 is 0.931 bits per heavy atom. The van der Waals surface area contributed by atoms with Crippen molar-refractivity contribution < 1.29 is 14.3 Å². The fourth-order valence-electron chi connectivity index (χ4n) is 3.40. The third-order valence-corrected chi connectivity index (χ3v) is 4.66. The lowest BCUT2D eigenvalue weighted by Gasteiger charge is -2.08. The Hall–Kier alpha value is -3.54. The number of esters is 2. The molecule has 4 rings (SSSR count). The van der Waals surface area contributed by atoms with Gasteiger partial charge in [-0.25, -0.2) is 0 Å². The second-order valence-electron chi connectivity index (χ2n) is 6.48. The second kappa shape index (κ2) is 9.59. The van der Waals surface area contributed by atoms with Crippen molar-refractivity contribution in [2.24, 2.45) is 0 Å². The summed E-state index contributed by atoms with van der Waals surface area (Å²) in [4.78, 5) is 24.6. The Morgan fingerprint density at radius 1 is 0.552 bits per heavy atom. The maximum atomic E-state index is 12.3. The summed E-state index contributed by atoms with van der Waals surface area (Å²) in [6.45, 7) is 0. The Labute approximate surface area is 169 Å². The molecule has 0 aliphatic rings. The molecule has 148 valence electrons. The van der Waals surface area contributed by atoms with Gasteiger partial charge in [-0.1, -0.05) is 84.9 Å². The molecule has 6 N–H and O–H groups in total. The van der Waals surface area contributed by atoms with Crippen LogP contribution in [0.2, 0.25) is 0 Å². The molecule has 0 unspecified atom stereocenters. The Kier molecular flexibility index (Phi) is 7.20. The Morgan fingerprint density at radius 3 is 1.38 bits per heavy atom. The van der Waals surface area contributed by atoms with Gasteiger partial charge < -0.3 is 17.0 Å². The molecule has 0 aliphatic heterocycles. The molecular weight excluding hydrogens is 364 g/mol. The first-order valence-electron chi connectivity index (χ1n) is 8.87.